The van der Waals surface area contributed by atoms with Crippen molar-refractivity contribution in [2.24, 2.45) is 0 Å². The summed E-state index contributed by atoms with van der Waals surface area (Å²) < 4.78 is 59.0. The fraction of sp³-hybridized carbons (Fsp3) is 0.471. The van der Waals surface area contributed by atoms with Gasteiger partial charge in [-0.2, -0.15) is 18.2 Å². The van der Waals surface area contributed by atoms with Crippen LogP contribution in [0.15, 0.2) is 35.4 Å². The molecule has 0 saturated heterocycles. The van der Waals surface area contributed by atoms with E-state index in [0.29, 0.717) is 4.68 Å². The molecular weight excluding hydrogens is 364 g/mol. The van der Waals surface area contributed by atoms with Gasteiger partial charge in [0.2, 0.25) is 10.0 Å². The first kappa shape index (κ1) is 20.5. The van der Waals surface area contributed by atoms with Crippen LogP contribution < -0.4 is 0 Å². The van der Waals surface area contributed by atoms with Gasteiger partial charge >= 0.3 is 6.55 Å². The number of hydrogen-bond acceptors (Lipinski definition) is 4. The average molecular weight is 387 g/mol. The summed E-state index contributed by atoms with van der Waals surface area (Å²) in [5.41, 5.74) is 1.70. The second-order valence-corrected chi connectivity index (χ2v) is 8.02. The highest BCUT2D eigenvalue weighted by Crippen LogP contribution is 2.26. The predicted octanol–water partition coefficient (Wildman–Crippen LogP) is 3.12. The zero-order valence-electron chi connectivity index (χ0n) is 15.2. The SMILES string of the molecule is COC[C@H](C)N(Cc1cccc(C)c1)S(=O)(=O)c1cnn(C(F)F)c1C. The van der Waals surface area contributed by atoms with Gasteiger partial charge in [0.1, 0.15) is 4.90 Å². The molecule has 0 radical (unpaired) electrons. The van der Waals surface area contributed by atoms with Crippen LogP contribution >= 0.6 is 0 Å². The molecular formula is C17H23F2N3O3S. The quantitative estimate of drug-likeness (QED) is 0.698. The van der Waals surface area contributed by atoms with Crippen LogP contribution in [0.25, 0.3) is 0 Å². The van der Waals surface area contributed by atoms with E-state index in [1.54, 1.807) is 6.92 Å². The van der Waals surface area contributed by atoms with E-state index < -0.39 is 22.6 Å². The third-order valence-corrected chi connectivity index (χ3v) is 6.15. The van der Waals surface area contributed by atoms with E-state index in [9.17, 15) is 17.2 Å². The molecule has 9 heteroatoms. The number of rotatable bonds is 8. The fourth-order valence-corrected chi connectivity index (χ4v) is 4.53. The zero-order chi connectivity index (χ0) is 19.5. The number of alkyl halides is 2. The van der Waals surface area contributed by atoms with Crippen LogP contribution in [0.5, 0.6) is 0 Å². The predicted molar refractivity (Wildman–Crippen MR) is 93.5 cm³/mol. The van der Waals surface area contributed by atoms with Gasteiger partial charge in [0.25, 0.3) is 0 Å². The molecule has 26 heavy (non-hydrogen) atoms. The molecule has 0 bridgehead atoms. The lowest BCUT2D eigenvalue weighted by atomic mass is 10.1. The molecule has 0 spiro atoms. The minimum atomic E-state index is -4.04. The van der Waals surface area contributed by atoms with E-state index in [0.717, 1.165) is 17.3 Å². The van der Waals surface area contributed by atoms with Crippen LogP contribution in [0, 0.1) is 13.8 Å². The van der Waals surface area contributed by atoms with Crippen LogP contribution in [0.4, 0.5) is 8.78 Å². The molecule has 1 heterocycles. The van der Waals surface area contributed by atoms with Crippen molar-refractivity contribution >= 4 is 10.0 Å². The first-order valence-electron chi connectivity index (χ1n) is 8.07. The normalized spacial score (nSPS) is 13.5. The second kappa shape index (κ2) is 8.24. The second-order valence-electron chi connectivity index (χ2n) is 6.16. The number of sulfonamides is 1. The Morgan fingerprint density at radius 1 is 1.31 bits per heavy atom. The molecule has 144 valence electrons. The third-order valence-electron chi connectivity index (χ3n) is 4.09. The highest BCUT2D eigenvalue weighted by Gasteiger charge is 2.33. The van der Waals surface area contributed by atoms with Crippen molar-refractivity contribution in [1.29, 1.82) is 0 Å². The number of benzene rings is 1. The van der Waals surface area contributed by atoms with Crippen molar-refractivity contribution in [3.63, 3.8) is 0 Å². The summed E-state index contributed by atoms with van der Waals surface area (Å²) in [7, 11) is -2.56. The number of halogens is 2. The molecule has 2 rings (SSSR count). The number of aromatic nitrogens is 2. The van der Waals surface area contributed by atoms with Gasteiger partial charge in [-0.05, 0) is 26.3 Å². The Morgan fingerprint density at radius 3 is 2.54 bits per heavy atom. The Balaban J connectivity index is 2.46. The van der Waals surface area contributed by atoms with Gasteiger partial charge in [0, 0.05) is 19.7 Å². The van der Waals surface area contributed by atoms with Gasteiger partial charge in [-0.1, -0.05) is 29.8 Å². The van der Waals surface area contributed by atoms with Crippen molar-refractivity contribution in [1.82, 2.24) is 14.1 Å². The molecule has 0 N–H and O–H groups in total. The third kappa shape index (κ3) is 4.28. The van der Waals surface area contributed by atoms with Crippen LogP contribution in [0.1, 0.15) is 30.3 Å². The highest BCUT2D eigenvalue weighted by atomic mass is 32.2. The van der Waals surface area contributed by atoms with Crippen molar-refractivity contribution in [3.05, 3.63) is 47.3 Å². The number of hydrogen-bond donors (Lipinski definition) is 0. The molecule has 0 fully saturated rings. The molecule has 1 atom stereocenters. The van der Waals surface area contributed by atoms with Crippen molar-refractivity contribution in [2.45, 2.75) is 44.8 Å². The maximum atomic E-state index is 13.2. The van der Waals surface area contributed by atoms with Crippen molar-refractivity contribution in [3.8, 4) is 0 Å². The lowest BCUT2D eigenvalue weighted by Gasteiger charge is -2.28. The molecule has 0 aliphatic carbocycles. The Morgan fingerprint density at radius 2 is 2.00 bits per heavy atom. The van der Waals surface area contributed by atoms with E-state index in [1.807, 2.05) is 31.2 Å². The maximum Gasteiger partial charge on any atom is 0.333 e. The van der Waals surface area contributed by atoms with E-state index >= 15 is 0 Å². The van der Waals surface area contributed by atoms with Gasteiger partial charge in [0.15, 0.2) is 0 Å². The van der Waals surface area contributed by atoms with Crippen LogP contribution in [0.3, 0.4) is 0 Å². The summed E-state index contributed by atoms with van der Waals surface area (Å²) in [6, 6.07) is 6.98. The number of methoxy groups -OCH3 is 1. The summed E-state index contributed by atoms with van der Waals surface area (Å²) in [4.78, 5) is -0.228. The van der Waals surface area contributed by atoms with E-state index in [4.69, 9.17) is 4.74 Å². The standard InChI is InChI=1S/C17H23F2N3O3S/c1-12-6-5-7-15(8-12)10-21(13(2)11-25-4)26(23,24)16-9-20-22(14(16)3)17(18)19/h5-9,13,17H,10-11H2,1-4H3/t13-/m0/s1. The van der Waals surface area contributed by atoms with Gasteiger partial charge in [-0.3, -0.25) is 0 Å². The summed E-state index contributed by atoms with van der Waals surface area (Å²) in [6.07, 6.45) is 0.972. The number of aryl methyl sites for hydroxylation is 1. The molecule has 0 aliphatic heterocycles. The highest BCUT2D eigenvalue weighted by molar-refractivity contribution is 7.89. The van der Waals surface area contributed by atoms with E-state index in [1.165, 1.54) is 18.3 Å². The van der Waals surface area contributed by atoms with Gasteiger partial charge in [-0.15, -0.1) is 0 Å². The first-order chi connectivity index (χ1) is 12.2. The Kier molecular flexibility index (Phi) is 6.48. The van der Waals surface area contributed by atoms with Gasteiger partial charge in [-0.25, -0.2) is 13.1 Å². The van der Waals surface area contributed by atoms with Gasteiger partial charge in [0.05, 0.1) is 18.5 Å². The Hall–Kier alpha value is -1.84. The number of ether oxygens (including phenoxy) is 1. The molecule has 2 aromatic rings. The minimum absolute atomic E-state index is 0.0983. The largest absolute Gasteiger partial charge is 0.383 e. The van der Waals surface area contributed by atoms with Crippen LogP contribution in [0.2, 0.25) is 0 Å². The molecule has 0 saturated carbocycles. The first-order valence-corrected chi connectivity index (χ1v) is 9.51. The minimum Gasteiger partial charge on any atom is -0.383 e. The lowest BCUT2D eigenvalue weighted by Crippen LogP contribution is -2.40. The molecule has 1 aromatic heterocycles. The van der Waals surface area contributed by atoms with Crippen LogP contribution in [-0.2, 0) is 21.3 Å². The molecule has 1 aromatic carbocycles. The van der Waals surface area contributed by atoms with Crippen LogP contribution in [-0.4, -0.2) is 42.3 Å². The van der Waals surface area contributed by atoms with E-state index in [2.05, 4.69) is 5.10 Å². The number of nitrogens with zero attached hydrogens (tertiary/aromatic N) is 3. The monoisotopic (exact) mass is 387 g/mol. The van der Waals surface area contributed by atoms with E-state index in [-0.39, 0.29) is 23.7 Å². The van der Waals surface area contributed by atoms with Crippen molar-refractivity contribution < 1.29 is 21.9 Å². The molecule has 0 aliphatic rings. The van der Waals surface area contributed by atoms with Crippen molar-refractivity contribution in [2.75, 3.05) is 13.7 Å². The maximum absolute atomic E-state index is 13.2. The molecule has 0 amide bonds. The van der Waals surface area contributed by atoms with Gasteiger partial charge < -0.3 is 4.74 Å². The average Bonchev–Trinajstić information content (AvgIpc) is 2.95. The fourth-order valence-electron chi connectivity index (χ4n) is 2.78. The smallest absolute Gasteiger partial charge is 0.333 e. The topological polar surface area (TPSA) is 64.4 Å². The summed E-state index contributed by atoms with van der Waals surface area (Å²) in [5, 5.41) is 3.52. The summed E-state index contributed by atoms with van der Waals surface area (Å²) in [6.45, 7) is 2.32. The lowest BCUT2D eigenvalue weighted by molar-refractivity contribution is 0.0541. The zero-order valence-corrected chi connectivity index (χ0v) is 16.0. The summed E-state index contributed by atoms with van der Waals surface area (Å²) >= 11 is 0. The Labute approximate surface area is 152 Å². The molecule has 6 nitrogen and oxygen atoms in total. The Bertz CT molecular complexity index is 853. The molecule has 0 unspecified atom stereocenters. The summed E-state index contributed by atoms with van der Waals surface area (Å²) in [5.74, 6) is 0.